The molecule has 1 saturated heterocycles. The summed E-state index contributed by atoms with van der Waals surface area (Å²) in [6.45, 7) is 5.38. The maximum atomic E-state index is 12.6. The van der Waals surface area contributed by atoms with Gasteiger partial charge in [-0.1, -0.05) is 13.8 Å². The summed E-state index contributed by atoms with van der Waals surface area (Å²) < 4.78 is 26.8. The van der Waals surface area contributed by atoms with Gasteiger partial charge in [0, 0.05) is 24.7 Å². The lowest BCUT2D eigenvalue weighted by atomic mass is 10.0. The van der Waals surface area contributed by atoms with Crippen LogP contribution in [0.2, 0.25) is 0 Å². The molecule has 2 fully saturated rings. The predicted molar refractivity (Wildman–Crippen MR) is 89.5 cm³/mol. The van der Waals surface area contributed by atoms with E-state index in [0.29, 0.717) is 35.5 Å². The number of nitrogens with one attached hydrogen (secondary N) is 1. The van der Waals surface area contributed by atoms with Crippen molar-refractivity contribution in [1.82, 2.24) is 4.31 Å². The monoisotopic (exact) mass is 336 g/mol. The van der Waals surface area contributed by atoms with Crippen molar-refractivity contribution in [3.8, 4) is 0 Å². The molecule has 0 spiro atoms. The third-order valence-corrected chi connectivity index (χ3v) is 6.86. The molecule has 1 N–H and O–H groups in total. The van der Waals surface area contributed by atoms with Crippen molar-refractivity contribution in [2.45, 2.75) is 38.0 Å². The summed E-state index contributed by atoms with van der Waals surface area (Å²) in [5.74, 6) is 1.17. The lowest BCUT2D eigenvalue weighted by Gasteiger charge is -2.29. The van der Waals surface area contributed by atoms with Crippen LogP contribution in [0.1, 0.15) is 33.1 Å². The number of nitrogens with zero attached hydrogens (tertiary/aromatic N) is 1. The van der Waals surface area contributed by atoms with Crippen LogP contribution in [0.5, 0.6) is 0 Å². The van der Waals surface area contributed by atoms with E-state index in [0.717, 1.165) is 19.3 Å². The van der Waals surface area contributed by atoms with Crippen molar-refractivity contribution in [3.05, 3.63) is 24.3 Å². The lowest BCUT2D eigenvalue weighted by Crippen LogP contribution is -2.37. The van der Waals surface area contributed by atoms with Crippen LogP contribution in [0.4, 0.5) is 5.69 Å². The first-order valence-corrected chi connectivity index (χ1v) is 9.73. The van der Waals surface area contributed by atoms with Gasteiger partial charge in [0.15, 0.2) is 0 Å². The highest BCUT2D eigenvalue weighted by molar-refractivity contribution is 7.89. The van der Waals surface area contributed by atoms with Crippen LogP contribution in [-0.2, 0) is 14.8 Å². The summed E-state index contributed by atoms with van der Waals surface area (Å²) in [4.78, 5) is 12.2. The SMILES string of the molecule is CC1CCN(S(=O)(=O)c2ccc(NC(=O)[C@H]3C[C@H]3C)cc2)CC1. The third-order valence-electron chi connectivity index (χ3n) is 4.95. The number of carbonyl (C=O) groups excluding carboxylic acids is 1. The number of benzene rings is 1. The quantitative estimate of drug-likeness (QED) is 0.919. The van der Waals surface area contributed by atoms with Gasteiger partial charge in [0.2, 0.25) is 15.9 Å². The van der Waals surface area contributed by atoms with E-state index >= 15 is 0 Å². The first-order chi connectivity index (χ1) is 10.9. The highest BCUT2D eigenvalue weighted by Gasteiger charge is 2.39. The zero-order valence-corrected chi connectivity index (χ0v) is 14.5. The molecule has 6 heteroatoms. The van der Waals surface area contributed by atoms with Gasteiger partial charge in [-0.3, -0.25) is 4.79 Å². The Kier molecular flexibility index (Phi) is 4.47. The molecule has 2 aliphatic rings. The number of carbonyl (C=O) groups is 1. The summed E-state index contributed by atoms with van der Waals surface area (Å²) in [5, 5.41) is 2.85. The second-order valence-electron chi connectivity index (χ2n) is 6.92. The minimum atomic E-state index is -3.42. The Hall–Kier alpha value is -1.40. The average molecular weight is 336 g/mol. The molecule has 23 heavy (non-hydrogen) atoms. The minimum absolute atomic E-state index is 0.0260. The van der Waals surface area contributed by atoms with Crippen LogP contribution < -0.4 is 5.32 Å². The summed E-state index contributed by atoms with van der Waals surface area (Å²) in [7, 11) is -3.42. The van der Waals surface area contributed by atoms with E-state index in [4.69, 9.17) is 0 Å². The van der Waals surface area contributed by atoms with Gasteiger partial charge >= 0.3 is 0 Å². The summed E-state index contributed by atoms with van der Waals surface area (Å²) in [5.41, 5.74) is 0.653. The van der Waals surface area contributed by atoms with Crippen LogP contribution in [0, 0.1) is 17.8 Å². The normalized spacial score (nSPS) is 26.0. The van der Waals surface area contributed by atoms with Gasteiger partial charge < -0.3 is 5.32 Å². The highest BCUT2D eigenvalue weighted by Crippen LogP contribution is 2.38. The Morgan fingerprint density at radius 1 is 1.13 bits per heavy atom. The molecule has 2 atom stereocenters. The van der Waals surface area contributed by atoms with Gasteiger partial charge in [0.1, 0.15) is 0 Å². The van der Waals surface area contributed by atoms with Crippen molar-refractivity contribution in [2.75, 3.05) is 18.4 Å². The number of rotatable bonds is 4. The van der Waals surface area contributed by atoms with Gasteiger partial charge in [-0.15, -0.1) is 0 Å². The van der Waals surface area contributed by atoms with Crippen LogP contribution in [0.15, 0.2) is 29.2 Å². The Labute approximate surface area is 138 Å². The third kappa shape index (κ3) is 3.58. The molecule has 1 aliphatic carbocycles. The van der Waals surface area contributed by atoms with Crippen LogP contribution in [0.25, 0.3) is 0 Å². The van der Waals surface area contributed by atoms with Crippen LogP contribution in [0.3, 0.4) is 0 Å². The van der Waals surface area contributed by atoms with E-state index in [-0.39, 0.29) is 11.8 Å². The first-order valence-electron chi connectivity index (χ1n) is 8.29. The Balaban J connectivity index is 1.67. The molecule has 1 aromatic rings. The molecular weight excluding hydrogens is 312 g/mol. The Morgan fingerprint density at radius 3 is 2.22 bits per heavy atom. The van der Waals surface area contributed by atoms with Crippen molar-refractivity contribution in [2.24, 2.45) is 17.8 Å². The van der Waals surface area contributed by atoms with E-state index in [1.165, 1.54) is 0 Å². The average Bonchev–Trinajstić information content (AvgIpc) is 3.25. The summed E-state index contributed by atoms with van der Waals surface area (Å²) in [6.07, 6.45) is 2.76. The molecule has 1 heterocycles. The summed E-state index contributed by atoms with van der Waals surface area (Å²) in [6, 6.07) is 6.51. The lowest BCUT2D eigenvalue weighted by molar-refractivity contribution is -0.117. The Bertz CT molecular complexity index is 676. The zero-order valence-electron chi connectivity index (χ0n) is 13.7. The highest BCUT2D eigenvalue weighted by atomic mass is 32.2. The minimum Gasteiger partial charge on any atom is -0.326 e. The number of anilines is 1. The maximum absolute atomic E-state index is 12.6. The fraction of sp³-hybridized carbons (Fsp3) is 0.588. The van der Waals surface area contributed by atoms with Gasteiger partial charge in [-0.25, -0.2) is 8.42 Å². The molecule has 0 bridgehead atoms. The largest absolute Gasteiger partial charge is 0.326 e. The molecule has 5 nitrogen and oxygen atoms in total. The van der Waals surface area contributed by atoms with Crippen molar-refractivity contribution in [3.63, 3.8) is 0 Å². The maximum Gasteiger partial charge on any atom is 0.243 e. The molecule has 126 valence electrons. The van der Waals surface area contributed by atoms with Crippen LogP contribution >= 0.6 is 0 Å². The summed E-state index contributed by atoms with van der Waals surface area (Å²) >= 11 is 0. The molecule has 1 aromatic carbocycles. The van der Waals surface area contributed by atoms with Gasteiger partial charge in [-0.2, -0.15) is 4.31 Å². The fourth-order valence-corrected chi connectivity index (χ4v) is 4.48. The van der Waals surface area contributed by atoms with E-state index < -0.39 is 10.0 Å². The number of hydrogen-bond donors (Lipinski definition) is 1. The van der Waals surface area contributed by atoms with Gasteiger partial charge in [0.05, 0.1) is 4.90 Å². The van der Waals surface area contributed by atoms with Crippen molar-refractivity contribution < 1.29 is 13.2 Å². The molecule has 1 amide bonds. The van der Waals surface area contributed by atoms with E-state index in [1.807, 2.05) is 0 Å². The zero-order chi connectivity index (χ0) is 16.6. The van der Waals surface area contributed by atoms with Crippen molar-refractivity contribution in [1.29, 1.82) is 0 Å². The van der Waals surface area contributed by atoms with E-state index in [1.54, 1.807) is 28.6 Å². The smallest absolute Gasteiger partial charge is 0.243 e. The van der Waals surface area contributed by atoms with Gasteiger partial charge in [-0.05, 0) is 55.4 Å². The van der Waals surface area contributed by atoms with Crippen LogP contribution in [-0.4, -0.2) is 31.7 Å². The van der Waals surface area contributed by atoms with E-state index in [9.17, 15) is 13.2 Å². The van der Waals surface area contributed by atoms with Gasteiger partial charge in [0.25, 0.3) is 0 Å². The fourth-order valence-electron chi connectivity index (χ4n) is 3.01. The molecule has 1 aliphatic heterocycles. The topological polar surface area (TPSA) is 66.5 Å². The van der Waals surface area contributed by atoms with E-state index in [2.05, 4.69) is 19.2 Å². The number of sulfonamides is 1. The standard InChI is InChI=1S/C17H24N2O3S/c1-12-7-9-19(10-8-12)23(21,22)15-5-3-14(4-6-15)18-17(20)16-11-13(16)2/h3-6,12-13,16H,7-11H2,1-2H3,(H,18,20)/t13-,16+/m1/s1. The molecule has 3 rings (SSSR count). The van der Waals surface area contributed by atoms with Crippen molar-refractivity contribution >= 4 is 21.6 Å². The second-order valence-corrected chi connectivity index (χ2v) is 8.86. The number of amides is 1. The number of hydrogen-bond acceptors (Lipinski definition) is 3. The Morgan fingerprint density at radius 2 is 1.70 bits per heavy atom. The second kappa shape index (κ2) is 6.24. The number of piperidine rings is 1. The predicted octanol–water partition coefficient (Wildman–Crippen LogP) is 2.70. The molecular formula is C17H24N2O3S. The molecule has 1 saturated carbocycles. The molecule has 0 unspecified atom stereocenters. The first kappa shape index (κ1) is 16.5. The molecule has 0 aromatic heterocycles. The molecule has 0 radical (unpaired) electrons.